The summed E-state index contributed by atoms with van der Waals surface area (Å²) in [7, 11) is 0. The van der Waals surface area contributed by atoms with Gasteiger partial charge in [0.25, 0.3) is 0 Å². The van der Waals surface area contributed by atoms with Crippen molar-refractivity contribution in [2.45, 2.75) is 25.8 Å². The molecule has 5 aromatic rings. The van der Waals surface area contributed by atoms with Gasteiger partial charge >= 0.3 is 12.4 Å². The van der Waals surface area contributed by atoms with Crippen molar-refractivity contribution >= 4 is 16.9 Å². The van der Waals surface area contributed by atoms with E-state index in [-0.39, 0.29) is 29.8 Å². The number of hydrogen-bond donors (Lipinski definition) is 2. The molecule has 200 valence electrons. The molecule has 7 nitrogen and oxygen atoms in total. The van der Waals surface area contributed by atoms with Gasteiger partial charge in [-0.15, -0.1) is 5.10 Å². The molecular formula is C25H17F7N7+. The minimum absolute atomic E-state index is 0.0138. The molecule has 0 unspecified atom stereocenters. The van der Waals surface area contributed by atoms with Gasteiger partial charge in [-0.3, -0.25) is 0 Å². The van der Waals surface area contributed by atoms with Gasteiger partial charge in [-0.05, 0) is 42.8 Å². The maximum absolute atomic E-state index is 14.0. The molecule has 3 aromatic heterocycles. The molecule has 2 aromatic carbocycles. The highest BCUT2D eigenvalue weighted by Crippen LogP contribution is 2.40. The number of nitrogens with zero attached hydrogens (tertiary/aromatic N) is 5. The Bertz CT molecular complexity index is 1690. The summed E-state index contributed by atoms with van der Waals surface area (Å²) in [5, 5.41) is 11.9. The normalized spacial score (nSPS) is 12.3. The minimum atomic E-state index is -5.04. The lowest BCUT2D eigenvalue weighted by Gasteiger charge is -2.15. The first-order valence-corrected chi connectivity index (χ1v) is 11.2. The second-order valence-electron chi connectivity index (χ2n) is 8.64. The second-order valence-corrected chi connectivity index (χ2v) is 8.64. The van der Waals surface area contributed by atoms with Crippen LogP contribution in [0.25, 0.3) is 33.7 Å². The van der Waals surface area contributed by atoms with E-state index in [0.717, 1.165) is 6.07 Å². The number of aromatic nitrogens is 6. The highest BCUT2D eigenvalue weighted by molar-refractivity contribution is 5.86. The van der Waals surface area contributed by atoms with Crippen LogP contribution in [0.4, 0.5) is 36.6 Å². The van der Waals surface area contributed by atoms with Crippen LogP contribution in [0.1, 0.15) is 22.4 Å². The molecule has 0 atom stereocenters. The van der Waals surface area contributed by atoms with Crippen molar-refractivity contribution < 1.29 is 35.4 Å². The first-order chi connectivity index (χ1) is 18.3. The molecule has 0 fully saturated rings. The van der Waals surface area contributed by atoms with Gasteiger partial charge in [0, 0.05) is 16.2 Å². The summed E-state index contributed by atoms with van der Waals surface area (Å²) in [6.07, 6.45) is -8.41. The Morgan fingerprint density at radius 2 is 1.69 bits per heavy atom. The average Bonchev–Trinajstić information content (AvgIpc) is 3.29. The van der Waals surface area contributed by atoms with Crippen LogP contribution >= 0.6 is 0 Å². The first-order valence-electron chi connectivity index (χ1n) is 11.2. The van der Waals surface area contributed by atoms with Crippen LogP contribution in [0.3, 0.4) is 0 Å². The summed E-state index contributed by atoms with van der Waals surface area (Å²) in [6.45, 7) is 1.63. The zero-order valence-electron chi connectivity index (χ0n) is 19.9. The molecule has 0 amide bonds. The van der Waals surface area contributed by atoms with E-state index in [4.69, 9.17) is 5.73 Å². The molecule has 0 saturated carbocycles. The van der Waals surface area contributed by atoms with E-state index in [1.165, 1.54) is 22.9 Å². The summed E-state index contributed by atoms with van der Waals surface area (Å²) in [4.78, 5) is 7.49. The quantitative estimate of drug-likeness (QED) is 0.229. The van der Waals surface area contributed by atoms with Gasteiger partial charge in [0.1, 0.15) is 28.4 Å². The molecule has 39 heavy (non-hydrogen) atoms. The fraction of sp³-hybridized carbons (Fsp3) is 0.160. The predicted molar refractivity (Wildman–Crippen MR) is 125 cm³/mol. The molecular weight excluding hydrogens is 531 g/mol. The second kappa shape index (κ2) is 9.29. The number of hydrogen-bond acceptors (Lipinski definition) is 5. The number of halogens is 7. The number of alkyl halides is 6. The summed E-state index contributed by atoms with van der Waals surface area (Å²) in [5.74, 6) is 0.0531. The van der Waals surface area contributed by atoms with Crippen LogP contribution < -0.4 is 10.4 Å². The number of nitrogens with two attached hydrogens (primary N) is 1. The van der Waals surface area contributed by atoms with E-state index in [9.17, 15) is 30.7 Å². The van der Waals surface area contributed by atoms with Crippen molar-refractivity contribution in [2.24, 2.45) is 0 Å². The van der Waals surface area contributed by atoms with E-state index >= 15 is 0 Å². The van der Waals surface area contributed by atoms with Crippen molar-refractivity contribution in [3.8, 4) is 22.6 Å². The highest BCUT2D eigenvalue weighted by Gasteiger charge is 2.38. The first kappa shape index (κ1) is 26.0. The van der Waals surface area contributed by atoms with Gasteiger partial charge in [0.05, 0.1) is 16.8 Å². The van der Waals surface area contributed by atoms with Crippen molar-refractivity contribution in [3.05, 3.63) is 82.9 Å². The smallest absolute Gasteiger partial charge is 0.377 e. The SMILES string of the molecule is Cc1c(F)cccc1-c1nc2c(N)n[n+](Cc3ccc(-c4ccc(C(F)(F)F)cc4C(F)(F)F)nn3)cc2[nH]1. The molecule has 0 saturated heterocycles. The van der Waals surface area contributed by atoms with E-state index in [1.807, 2.05) is 0 Å². The van der Waals surface area contributed by atoms with Crippen LogP contribution in [0, 0.1) is 12.7 Å². The lowest BCUT2D eigenvalue weighted by molar-refractivity contribution is -0.744. The van der Waals surface area contributed by atoms with Crippen molar-refractivity contribution in [2.75, 3.05) is 5.73 Å². The Labute approximate surface area is 215 Å². The predicted octanol–water partition coefficient (Wildman–Crippen LogP) is 5.49. The highest BCUT2D eigenvalue weighted by atomic mass is 19.4. The van der Waals surface area contributed by atoms with Crippen molar-refractivity contribution in [3.63, 3.8) is 0 Å². The molecule has 0 aliphatic carbocycles. The Hall–Kier alpha value is -4.62. The lowest BCUT2D eigenvalue weighted by Crippen LogP contribution is -2.39. The molecule has 0 spiro atoms. The summed E-state index contributed by atoms with van der Waals surface area (Å²) >= 11 is 0. The number of nitrogens with one attached hydrogen (secondary N) is 1. The average molecular weight is 548 g/mol. The molecule has 0 bridgehead atoms. The Balaban J connectivity index is 1.44. The fourth-order valence-electron chi connectivity index (χ4n) is 4.04. The summed E-state index contributed by atoms with van der Waals surface area (Å²) in [5.41, 5.74) is 4.44. The largest absolute Gasteiger partial charge is 0.417 e. The van der Waals surface area contributed by atoms with Crippen LogP contribution in [-0.2, 0) is 18.9 Å². The number of H-pyrrole nitrogens is 1. The third kappa shape index (κ3) is 5.09. The third-order valence-corrected chi connectivity index (χ3v) is 5.98. The van der Waals surface area contributed by atoms with Gasteiger partial charge in [-0.2, -0.15) is 31.4 Å². The van der Waals surface area contributed by atoms with Crippen LogP contribution in [0.2, 0.25) is 0 Å². The number of benzene rings is 2. The maximum atomic E-state index is 14.0. The number of anilines is 1. The number of aromatic amines is 1. The van der Waals surface area contributed by atoms with Gasteiger partial charge in [0.2, 0.25) is 18.6 Å². The Morgan fingerprint density at radius 1 is 0.923 bits per heavy atom. The van der Waals surface area contributed by atoms with Crippen molar-refractivity contribution in [1.29, 1.82) is 0 Å². The molecule has 0 aliphatic heterocycles. The van der Waals surface area contributed by atoms with Crippen LogP contribution in [-0.4, -0.2) is 25.3 Å². The van der Waals surface area contributed by atoms with Crippen LogP contribution in [0.15, 0.2) is 54.7 Å². The van der Waals surface area contributed by atoms with Gasteiger partial charge in [-0.25, -0.2) is 9.37 Å². The van der Waals surface area contributed by atoms with Crippen LogP contribution in [0.5, 0.6) is 0 Å². The molecule has 3 N–H and O–H groups in total. The molecule has 3 heterocycles. The summed E-state index contributed by atoms with van der Waals surface area (Å²) < 4.78 is 94.8. The zero-order valence-corrected chi connectivity index (χ0v) is 19.9. The standard InChI is InChI=1S/C25H16F7N7/c1-12-15(3-2-4-18(12)26)23-34-20-11-39(38-22(33)21(20)35-23)10-14-6-8-19(37-36-14)16-7-5-13(24(27,28)29)9-17(16)25(30,31)32/h2-9,11H,10H2,1H3,(H2,33,38)/p+1. The Kier molecular flexibility index (Phi) is 6.19. The van der Waals surface area contributed by atoms with Gasteiger partial charge in [0.15, 0.2) is 0 Å². The van der Waals surface area contributed by atoms with Crippen molar-refractivity contribution in [1.82, 2.24) is 25.3 Å². The minimum Gasteiger partial charge on any atom is -0.377 e. The number of rotatable bonds is 4. The van der Waals surface area contributed by atoms with E-state index < -0.39 is 34.9 Å². The van der Waals surface area contributed by atoms with E-state index in [0.29, 0.717) is 34.1 Å². The number of fused-ring (bicyclic) bond motifs is 1. The topological polar surface area (TPSA) is 97.2 Å². The van der Waals surface area contributed by atoms with Gasteiger partial charge in [-0.1, -0.05) is 22.9 Å². The summed E-state index contributed by atoms with van der Waals surface area (Å²) in [6, 6.07) is 8.51. The lowest BCUT2D eigenvalue weighted by atomic mass is 10.00. The van der Waals surface area contributed by atoms with E-state index in [1.54, 1.807) is 25.3 Å². The molecule has 14 heteroatoms. The van der Waals surface area contributed by atoms with E-state index in [2.05, 4.69) is 25.3 Å². The Morgan fingerprint density at radius 3 is 2.36 bits per heavy atom. The fourth-order valence-corrected chi connectivity index (χ4v) is 4.04. The molecule has 5 rings (SSSR count). The molecule has 0 radical (unpaired) electrons. The monoisotopic (exact) mass is 548 g/mol. The number of nitrogen functional groups attached to an aromatic ring is 1. The maximum Gasteiger partial charge on any atom is 0.417 e. The number of imidazole rings is 1. The van der Waals surface area contributed by atoms with Gasteiger partial charge < -0.3 is 10.7 Å². The molecule has 0 aliphatic rings. The third-order valence-electron chi connectivity index (χ3n) is 5.98. The zero-order chi connectivity index (χ0) is 28.1.